The summed E-state index contributed by atoms with van der Waals surface area (Å²) in [5.74, 6) is -2.10. The van der Waals surface area contributed by atoms with E-state index in [4.69, 9.17) is 9.84 Å². The number of hydrogen-bond donors (Lipinski definition) is 3. The lowest BCUT2D eigenvalue weighted by atomic mass is 10.0. The number of rotatable bonds is 4. The zero-order chi connectivity index (χ0) is 17.1. The summed E-state index contributed by atoms with van der Waals surface area (Å²) < 4.78 is 18.4. The minimum absolute atomic E-state index is 0.0981. The van der Waals surface area contributed by atoms with Gasteiger partial charge in [0, 0.05) is 6.42 Å². The average Bonchev–Trinajstić information content (AvgIpc) is 2.31. The molecule has 1 rings (SSSR count). The predicted molar refractivity (Wildman–Crippen MR) is 77.3 cm³/mol. The molecule has 0 saturated heterocycles. The number of aryl methyl sites for hydroxylation is 1. The van der Waals surface area contributed by atoms with E-state index in [0.29, 0.717) is 0 Å². The fourth-order valence-electron chi connectivity index (χ4n) is 1.83. The molecule has 0 aliphatic carbocycles. The number of halogens is 1. The van der Waals surface area contributed by atoms with E-state index in [-0.39, 0.29) is 23.3 Å². The summed E-state index contributed by atoms with van der Waals surface area (Å²) in [6.07, 6.45) is -1.16. The van der Waals surface area contributed by atoms with Crippen LogP contribution in [0.5, 0.6) is 5.75 Å². The molecule has 6 nitrogen and oxygen atoms in total. The van der Waals surface area contributed by atoms with Gasteiger partial charge in [0.2, 0.25) is 0 Å². The van der Waals surface area contributed by atoms with Crippen LogP contribution in [0.15, 0.2) is 12.1 Å². The van der Waals surface area contributed by atoms with Gasteiger partial charge in [-0.2, -0.15) is 0 Å². The standard InChI is InChI=1S/C15H20FNO5/c1-8-5-10(16)6-9(12(8)18)7-11(13(19)20)17-14(21)22-15(2,3)4/h5-6,11,18H,7H2,1-4H3,(H,17,21)(H,19,20). The number of aliphatic carboxylic acids is 1. The van der Waals surface area contributed by atoms with Crippen molar-refractivity contribution in [3.63, 3.8) is 0 Å². The maximum Gasteiger partial charge on any atom is 0.408 e. The van der Waals surface area contributed by atoms with Crippen molar-refractivity contribution in [3.05, 3.63) is 29.1 Å². The van der Waals surface area contributed by atoms with E-state index in [1.165, 1.54) is 6.92 Å². The number of benzene rings is 1. The molecular formula is C15H20FNO5. The van der Waals surface area contributed by atoms with Crippen LogP contribution in [0.1, 0.15) is 31.9 Å². The third kappa shape index (κ3) is 5.23. The number of amides is 1. The number of carbonyl (C=O) groups is 2. The predicted octanol–water partition coefficient (Wildman–Crippen LogP) is 2.36. The molecule has 22 heavy (non-hydrogen) atoms. The molecule has 1 atom stereocenters. The Labute approximate surface area is 127 Å². The highest BCUT2D eigenvalue weighted by Gasteiger charge is 2.25. The van der Waals surface area contributed by atoms with Gasteiger partial charge < -0.3 is 20.3 Å². The van der Waals surface area contributed by atoms with Crippen LogP contribution in [0.25, 0.3) is 0 Å². The molecule has 0 radical (unpaired) electrons. The lowest BCUT2D eigenvalue weighted by Crippen LogP contribution is -2.44. The number of phenols is 1. The second-order valence-corrected chi connectivity index (χ2v) is 5.97. The molecule has 0 bridgehead atoms. The zero-order valence-electron chi connectivity index (χ0n) is 12.9. The van der Waals surface area contributed by atoms with Crippen LogP contribution >= 0.6 is 0 Å². The number of carboxylic acids is 1. The fraction of sp³-hybridized carbons (Fsp3) is 0.467. The van der Waals surface area contributed by atoms with E-state index >= 15 is 0 Å². The Bertz CT molecular complexity index is 580. The van der Waals surface area contributed by atoms with Gasteiger partial charge in [-0.05, 0) is 51.0 Å². The number of phenolic OH excluding ortho intramolecular Hbond substituents is 1. The smallest absolute Gasteiger partial charge is 0.408 e. The van der Waals surface area contributed by atoms with E-state index < -0.39 is 29.5 Å². The maximum absolute atomic E-state index is 13.4. The van der Waals surface area contributed by atoms with Crippen LogP contribution in [0.4, 0.5) is 9.18 Å². The number of aromatic hydroxyl groups is 1. The van der Waals surface area contributed by atoms with Gasteiger partial charge >= 0.3 is 12.1 Å². The molecular weight excluding hydrogens is 293 g/mol. The molecule has 0 aliphatic heterocycles. The molecule has 3 N–H and O–H groups in total. The molecule has 0 aromatic heterocycles. The van der Waals surface area contributed by atoms with Crippen LogP contribution in [-0.4, -0.2) is 33.9 Å². The van der Waals surface area contributed by atoms with E-state index in [1.54, 1.807) is 20.8 Å². The van der Waals surface area contributed by atoms with Crippen molar-refractivity contribution in [1.29, 1.82) is 0 Å². The van der Waals surface area contributed by atoms with Crippen molar-refractivity contribution in [2.24, 2.45) is 0 Å². The van der Waals surface area contributed by atoms with Crippen molar-refractivity contribution < 1.29 is 28.9 Å². The summed E-state index contributed by atoms with van der Waals surface area (Å²) in [5.41, 5.74) is -0.387. The molecule has 1 unspecified atom stereocenters. The Hall–Kier alpha value is -2.31. The Kier molecular flexibility index (Phi) is 5.35. The van der Waals surface area contributed by atoms with Crippen molar-refractivity contribution >= 4 is 12.1 Å². The third-order valence-corrected chi connectivity index (χ3v) is 2.76. The second-order valence-electron chi connectivity index (χ2n) is 5.97. The SMILES string of the molecule is Cc1cc(F)cc(CC(NC(=O)OC(C)(C)C)C(=O)O)c1O. The maximum atomic E-state index is 13.4. The molecule has 0 aliphatic rings. The Morgan fingerprint density at radius 1 is 1.36 bits per heavy atom. The van der Waals surface area contributed by atoms with Gasteiger partial charge in [-0.3, -0.25) is 0 Å². The quantitative estimate of drug-likeness (QED) is 0.793. The lowest BCUT2D eigenvalue weighted by Gasteiger charge is -2.22. The Morgan fingerprint density at radius 2 is 1.95 bits per heavy atom. The minimum atomic E-state index is -1.35. The number of carboxylic acid groups (broad SMARTS) is 1. The zero-order valence-corrected chi connectivity index (χ0v) is 12.9. The van der Waals surface area contributed by atoms with Crippen molar-refractivity contribution in [1.82, 2.24) is 5.32 Å². The van der Waals surface area contributed by atoms with Gasteiger partial charge in [0.25, 0.3) is 0 Å². The summed E-state index contributed by atoms with van der Waals surface area (Å²) >= 11 is 0. The first-order valence-electron chi connectivity index (χ1n) is 6.70. The summed E-state index contributed by atoms with van der Waals surface area (Å²) in [6.45, 7) is 6.43. The normalized spacial score (nSPS) is 12.6. The number of nitrogens with one attached hydrogen (secondary N) is 1. The third-order valence-electron chi connectivity index (χ3n) is 2.76. The summed E-state index contributed by atoms with van der Waals surface area (Å²) in [5, 5.41) is 21.2. The first kappa shape index (κ1) is 17.7. The van der Waals surface area contributed by atoms with Crippen LogP contribution in [-0.2, 0) is 16.0 Å². The molecule has 7 heteroatoms. The molecule has 1 aromatic rings. The van der Waals surface area contributed by atoms with E-state index in [1.807, 2.05) is 0 Å². The van der Waals surface area contributed by atoms with Crippen LogP contribution in [0.2, 0.25) is 0 Å². The highest BCUT2D eigenvalue weighted by molar-refractivity contribution is 5.80. The van der Waals surface area contributed by atoms with Gasteiger partial charge in [0.15, 0.2) is 0 Å². The largest absolute Gasteiger partial charge is 0.507 e. The van der Waals surface area contributed by atoms with Gasteiger partial charge in [-0.15, -0.1) is 0 Å². The average molecular weight is 313 g/mol. The van der Waals surface area contributed by atoms with Crippen molar-refractivity contribution in [3.8, 4) is 5.75 Å². The minimum Gasteiger partial charge on any atom is -0.507 e. The first-order chi connectivity index (χ1) is 9.99. The van der Waals surface area contributed by atoms with E-state index in [9.17, 15) is 19.1 Å². The highest BCUT2D eigenvalue weighted by atomic mass is 19.1. The van der Waals surface area contributed by atoms with Crippen LogP contribution in [0.3, 0.4) is 0 Å². The van der Waals surface area contributed by atoms with Crippen molar-refractivity contribution in [2.45, 2.75) is 45.8 Å². The molecule has 0 saturated carbocycles. The van der Waals surface area contributed by atoms with Gasteiger partial charge in [0.05, 0.1) is 0 Å². The first-order valence-corrected chi connectivity index (χ1v) is 6.70. The molecule has 0 heterocycles. The summed E-state index contributed by atoms with van der Waals surface area (Å²) in [7, 11) is 0. The number of ether oxygens (including phenoxy) is 1. The topological polar surface area (TPSA) is 95.9 Å². The van der Waals surface area contributed by atoms with Crippen LogP contribution in [0, 0.1) is 12.7 Å². The molecule has 1 aromatic carbocycles. The van der Waals surface area contributed by atoms with Crippen LogP contribution < -0.4 is 5.32 Å². The fourth-order valence-corrected chi connectivity index (χ4v) is 1.83. The molecule has 0 spiro atoms. The number of hydrogen-bond acceptors (Lipinski definition) is 4. The van der Waals surface area contributed by atoms with Gasteiger partial charge in [-0.1, -0.05) is 0 Å². The second kappa shape index (κ2) is 6.64. The highest BCUT2D eigenvalue weighted by Crippen LogP contribution is 2.24. The Morgan fingerprint density at radius 3 is 2.45 bits per heavy atom. The van der Waals surface area contributed by atoms with Gasteiger partial charge in [0.1, 0.15) is 23.2 Å². The molecule has 0 fully saturated rings. The van der Waals surface area contributed by atoms with E-state index in [0.717, 1.165) is 12.1 Å². The monoisotopic (exact) mass is 313 g/mol. The summed E-state index contributed by atoms with van der Waals surface area (Å²) in [4.78, 5) is 22.9. The van der Waals surface area contributed by atoms with E-state index in [2.05, 4.69) is 5.32 Å². The van der Waals surface area contributed by atoms with Gasteiger partial charge in [-0.25, -0.2) is 14.0 Å². The number of carbonyl (C=O) groups excluding carboxylic acids is 1. The Balaban J connectivity index is 2.90. The lowest BCUT2D eigenvalue weighted by molar-refractivity contribution is -0.139. The van der Waals surface area contributed by atoms with Crippen molar-refractivity contribution in [2.75, 3.05) is 0 Å². The molecule has 122 valence electrons. The number of alkyl carbamates (subject to hydrolysis) is 1. The molecule has 1 amide bonds. The summed E-state index contributed by atoms with van der Waals surface area (Å²) in [6, 6.07) is 0.826.